The number of carbonyl (C=O) groups is 2. The van der Waals surface area contributed by atoms with Gasteiger partial charge in [0.05, 0.1) is 0 Å². The van der Waals surface area contributed by atoms with Crippen molar-refractivity contribution in [2.24, 2.45) is 0 Å². The molecule has 0 aromatic rings. The molecule has 4 heteroatoms. The van der Waals surface area contributed by atoms with Gasteiger partial charge in [-0.15, -0.1) is 0 Å². The van der Waals surface area contributed by atoms with Crippen LogP contribution in [0, 0.1) is 0 Å². The van der Waals surface area contributed by atoms with E-state index >= 15 is 0 Å². The number of ketones is 2. The maximum atomic E-state index is 11.2. The summed E-state index contributed by atoms with van der Waals surface area (Å²) in [5.74, 6) is 2.95. The third kappa shape index (κ3) is 19.1. The Labute approximate surface area is 177 Å². The maximum Gasteiger partial charge on any atom is 0.131 e. The third-order valence-electron chi connectivity index (χ3n) is 4.62. The first-order valence-electron chi connectivity index (χ1n) is 10.8. The number of rotatable bonds is 18. The SMILES string of the molecule is CC(=O)CC(C)(C)SCCCCCCCCCCCSC(C)(C)CC(C)=O. The van der Waals surface area contributed by atoms with E-state index in [0.717, 1.165) is 0 Å². The van der Waals surface area contributed by atoms with Crippen LogP contribution in [0.15, 0.2) is 0 Å². The standard InChI is InChI=1S/C23H44O2S2/c1-20(24)18-22(3,4)26-16-14-12-10-8-7-9-11-13-15-17-27-23(5,6)19-21(2)25/h7-19H2,1-6H3. The summed E-state index contributed by atoms with van der Waals surface area (Å²) in [5.41, 5.74) is 0. The van der Waals surface area contributed by atoms with E-state index in [1.54, 1.807) is 13.8 Å². The Hall–Kier alpha value is 0.0400. The van der Waals surface area contributed by atoms with Crippen LogP contribution in [0.5, 0.6) is 0 Å². The van der Waals surface area contributed by atoms with Gasteiger partial charge in [-0.2, -0.15) is 23.5 Å². The Morgan fingerprint density at radius 3 is 1.07 bits per heavy atom. The van der Waals surface area contributed by atoms with Gasteiger partial charge in [0.1, 0.15) is 11.6 Å². The average molecular weight is 417 g/mol. The summed E-state index contributed by atoms with van der Waals surface area (Å²) in [7, 11) is 0. The molecule has 0 radical (unpaired) electrons. The zero-order chi connectivity index (χ0) is 20.8. The fourth-order valence-electron chi connectivity index (χ4n) is 3.44. The van der Waals surface area contributed by atoms with E-state index in [2.05, 4.69) is 27.7 Å². The van der Waals surface area contributed by atoms with Gasteiger partial charge in [0.2, 0.25) is 0 Å². The van der Waals surface area contributed by atoms with Gasteiger partial charge in [-0.05, 0) is 38.2 Å². The summed E-state index contributed by atoms with van der Waals surface area (Å²) >= 11 is 3.90. The zero-order valence-electron chi connectivity index (χ0n) is 18.8. The van der Waals surface area contributed by atoms with E-state index < -0.39 is 0 Å². The van der Waals surface area contributed by atoms with Gasteiger partial charge >= 0.3 is 0 Å². The molecule has 0 spiro atoms. The van der Waals surface area contributed by atoms with E-state index in [1.807, 2.05) is 23.5 Å². The van der Waals surface area contributed by atoms with E-state index in [0.29, 0.717) is 24.4 Å². The average Bonchev–Trinajstić information content (AvgIpc) is 2.49. The highest BCUT2D eigenvalue weighted by molar-refractivity contribution is 8.00. The minimum absolute atomic E-state index is 0.103. The van der Waals surface area contributed by atoms with Gasteiger partial charge in [0, 0.05) is 22.3 Å². The predicted octanol–water partition coefficient (Wildman–Crippen LogP) is 7.48. The first kappa shape index (κ1) is 27.0. The van der Waals surface area contributed by atoms with Gasteiger partial charge in [-0.1, -0.05) is 72.6 Å². The molecule has 0 saturated carbocycles. The molecule has 0 unspecified atom stereocenters. The highest BCUT2D eigenvalue weighted by Crippen LogP contribution is 2.30. The summed E-state index contributed by atoms with van der Waals surface area (Å²) in [6.07, 6.45) is 13.4. The number of carbonyl (C=O) groups excluding carboxylic acids is 2. The van der Waals surface area contributed by atoms with Crippen molar-refractivity contribution in [3.05, 3.63) is 0 Å². The maximum absolute atomic E-state index is 11.2. The lowest BCUT2D eigenvalue weighted by atomic mass is 10.1. The van der Waals surface area contributed by atoms with Crippen LogP contribution >= 0.6 is 23.5 Å². The summed E-state index contributed by atoms with van der Waals surface area (Å²) < 4.78 is 0.205. The molecule has 0 aromatic carbocycles. The van der Waals surface area contributed by atoms with Gasteiger partial charge in [0.25, 0.3) is 0 Å². The summed E-state index contributed by atoms with van der Waals surface area (Å²) in [5, 5.41) is 0. The molecule has 0 aliphatic heterocycles. The molecule has 0 amide bonds. The second-order valence-corrected chi connectivity index (χ2v) is 12.8. The van der Waals surface area contributed by atoms with Gasteiger partial charge in [-0.25, -0.2) is 0 Å². The first-order chi connectivity index (χ1) is 12.5. The van der Waals surface area contributed by atoms with Gasteiger partial charge in [0.15, 0.2) is 0 Å². The molecular weight excluding hydrogens is 372 g/mol. The summed E-state index contributed by atoms with van der Waals surface area (Å²) in [6.45, 7) is 12.1. The normalized spacial score (nSPS) is 12.4. The topological polar surface area (TPSA) is 34.1 Å². The number of unbranched alkanes of at least 4 members (excludes halogenated alkanes) is 8. The fourth-order valence-corrected chi connectivity index (χ4v) is 5.85. The van der Waals surface area contributed by atoms with E-state index in [9.17, 15) is 9.59 Å². The van der Waals surface area contributed by atoms with Crippen molar-refractivity contribution in [1.82, 2.24) is 0 Å². The predicted molar refractivity (Wildman–Crippen MR) is 125 cm³/mol. The van der Waals surface area contributed by atoms with Crippen molar-refractivity contribution in [3.8, 4) is 0 Å². The smallest absolute Gasteiger partial charge is 0.131 e. The highest BCUT2D eigenvalue weighted by Gasteiger charge is 2.20. The van der Waals surface area contributed by atoms with Crippen molar-refractivity contribution >= 4 is 35.1 Å². The molecule has 0 N–H and O–H groups in total. The van der Waals surface area contributed by atoms with Crippen molar-refractivity contribution in [2.45, 2.75) is 122 Å². The van der Waals surface area contributed by atoms with Crippen LogP contribution in [0.3, 0.4) is 0 Å². The Morgan fingerprint density at radius 1 is 0.556 bits per heavy atom. The monoisotopic (exact) mass is 416 g/mol. The molecular formula is C23H44O2S2. The number of Topliss-reactive ketones (excluding diaryl/α,β-unsaturated/α-hetero) is 2. The Morgan fingerprint density at radius 2 is 0.815 bits per heavy atom. The molecule has 0 aromatic heterocycles. The van der Waals surface area contributed by atoms with Gasteiger partial charge in [-0.3, -0.25) is 9.59 Å². The molecule has 27 heavy (non-hydrogen) atoms. The van der Waals surface area contributed by atoms with Crippen molar-refractivity contribution < 1.29 is 9.59 Å². The van der Waals surface area contributed by atoms with Crippen LogP contribution < -0.4 is 0 Å². The molecule has 0 bridgehead atoms. The molecule has 0 saturated heterocycles. The molecule has 0 atom stereocenters. The van der Waals surface area contributed by atoms with Crippen LogP contribution in [0.2, 0.25) is 0 Å². The van der Waals surface area contributed by atoms with Crippen LogP contribution in [0.4, 0.5) is 0 Å². The molecule has 160 valence electrons. The number of thioether (sulfide) groups is 2. The molecule has 0 heterocycles. The summed E-state index contributed by atoms with van der Waals surface area (Å²) in [6, 6.07) is 0. The lowest BCUT2D eigenvalue weighted by Crippen LogP contribution is -2.19. The van der Waals surface area contributed by atoms with E-state index in [-0.39, 0.29) is 9.49 Å². The summed E-state index contributed by atoms with van der Waals surface area (Å²) in [4.78, 5) is 22.5. The third-order valence-corrected chi connectivity index (χ3v) is 7.46. The minimum Gasteiger partial charge on any atom is -0.300 e. The van der Waals surface area contributed by atoms with Crippen molar-refractivity contribution in [2.75, 3.05) is 11.5 Å². The first-order valence-corrected chi connectivity index (χ1v) is 12.8. The number of hydrogen-bond acceptors (Lipinski definition) is 4. The zero-order valence-corrected chi connectivity index (χ0v) is 20.5. The quantitative estimate of drug-likeness (QED) is 0.217. The Kier molecular flexibility index (Phi) is 15.0. The van der Waals surface area contributed by atoms with Crippen molar-refractivity contribution in [3.63, 3.8) is 0 Å². The highest BCUT2D eigenvalue weighted by atomic mass is 32.2. The molecule has 0 aliphatic rings. The molecule has 0 aliphatic carbocycles. The molecule has 0 fully saturated rings. The van der Waals surface area contributed by atoms with Crippen LogP contribution in [0.1, 0.15) is 112 Å². The lowest BCUT2D eigenvalue weighted by molar-refractivity contribution is -0.118. The fraction of sp³-hybridized carbons (Fsp3) is 0.913. The van der Waals surface area contributed by atoms with Crippen LogP contribution in [0.25, 0.3) is 0 Å². The Balaban J connectivity index is 3.39. The molecule has 0 rings (SSSR count). The number of hydrogen-bond donors (Lipinski definition) is 0. The van der Waals surface area contributed by atoms with Crippen molar-refractivity contribution in [1.29, 1.82) is 0 Å². The second-order valence-electron chi connectivity index (χ2n) is 9.16. The van der Waals surface area contributed by atoms with E-state index in [4.69, 9.17) is 0 Å². The lowest BCUT2D eigenvalue weighted by Gasteiger charge is -2.22. The van der Waals surface area contributed by atoms with Gasteiger partial charge < -0.3 is 0 Å². The molecule has 2 nitrogen and oxygen atoms in total. The second kappa shape index (κ2) is 15.0. The van der Waals surface area contributed by atoms with Crippen LogP contribution in [-0.2, 0) is 9.59 Å². The largest absolute Gasteiger partial charge is 0.300 e. The minimum atomic E-state index is 0.103. The Bertz CT molecular complexity index is 379. The van der Waals surface area contributed by atoms with E-state index in [1.165, 1.54) is 69.3 Å². The van der Waals surface area contributed by atoms with Crippen LogP contribution in [-0.4, -0.2) is 32.6 Å².